The van der Waals surface area contributed by atoms with Gasteiger partial charge in [-0.3, -0.25) is 0 Å². The van der Waals surface area contributed by atoms with Crippen LogP contribution in [0.15, 0.2) is 4.42 Å². The molecule has 1 aromatic rings. The van der Waals surface area contributed by atoms with Crippen molar-refractivity contribution in [2.24, 2.45) is 5.92 Å². The number of carbonyl (C=O) groups excluding carboxylic acids is 1. The summed E-state index contributed by atoms with van der Waals surface area (Å²) in [7, 11) is 2.91. The Morgan fingerprint density at radius 3 is 2.55 bits per heavy atom. The highest BCUT2D eigenvalue weighted by molar-refractivity contribution is 5.87. The number of esters is 1. The molecule has 112 valence electrons. The first-order valence-electron chi connectivity index (χ1n) is 7.30. The van der Waals surface area contributed by atoms with Crippen LogP contribution < -0.4 is 0 Å². The van der Waals surface area contributed by atoms with E-state index in [1.54, 1.807) is 7.11 Å². The number of aromatic nitrogens is 1. The Labute approximate surface area is 119 Å². The van der Waals surface area contributed by atoms with Gasteiger partial charge in [-0.25, -0.2) is 9.78 Å². The van der Waals surface area contributed by atoms with Gasteiger partial charge >= 0.3 is 5.97 Å². The van der Waals surface area contributed by atoms with Gasteiger partial charge in [0.1, 0.15) is 5.69 Å². The first-order valence-corrected chi connectivity index (χ1v) is 7.30. The molecule has 0 aliphatic heterocycles. The van der Waals surface area contributed by atoms with Gasteiger partial charge in [0, 0.05) is 13.5 Å². The van der Waals surface area contributed by atoms with Crippen LogP contribution in [-0.2, 0) is 22.5 Å². The number of ether oxygens (including phenoxy) is 2. The molecule has 1 fully saturated rings. The van der Waals surface area contributed by atoms with Crippen molar-refractivity contribution < 1.29 is 18.7 Å². The lowest BCUT2D eigenvalue weighted by Crippen LogP contribution is -2.04. The van der Waals surface area contributed by atoms with Crippen LogP contribution in [0.4, 0.5) is 0 Å². The lowest BCUT2D eigenvalue weighted by molar-refractivity contribution is 0.0556. The summed E-state index contributed by atoms with van der Waals surface area (Å²) in [5.41, 5.74) is 0.531. The highest BCUT2D eigenvalue weighted by atomic mass is 16.5. The van der Waals surface area contributed by atoms with Gasteiger partial charge in [-0.2, -0.15) is 0 Å². The Morgan fingerprint density at radius 1 is 1.25 bits per heavy atom. The predicted molar refractivity (Wildman–Crippen MR) is 73.5 cm³/mol. The highest BCUT2D eigenvalue weighted by Gasteiger charge is 2.23. The van der Waals surface area contributed by atoms with Crippen molar-refractivity contribution in [2.75, 3.05) is 14.2 Å². The van der Waals surface area contributed by atoms with Gasteiger partial charge in [-0.15, -0.1) is 0 Å². The van der Waals surface area contributed by atoms with Crippen molar-refractivity contribution in [1.29, 1.82) is 0 Å². The van der Waals surface area contributed by atoms with E-state index < -0.39 is 5.97 Å². The molecule has 1 saturated carbocycles. The van der Waals surface area contributed by atoms with Crippen LogP contribution in [0.1, 0.15) is 60.7 Å². The normalized spacial score (nSPS) is 16.9. The summed E-state index contributed by atoms with van der Waals surface area (Å²) in [6.07, 6.45) is 8.44. The zero-order valence-corrected chi connectivity index (χ0v) is 12.3. The fraction of sp³-hybridized carbons (Fsp3) is 0.733. The van der Waals surface area contributed by atoms with Crippen molar-refractivity contribution in [3.8, 4) is 0 Å². The van der Waals surface area contributed by atoms with Crippen LogP contribution in [-0.4, -0.2) is 25.2 Å². The van der Waals surface area contributed by atoms with Crippen LogP contribution >= 0.6 is 0 Å². The van der Waals surface area contributed by atoms with Gasteiger partial charge in [0.2, 0.25) is 5.76 Å². The molecule has 5 nitrogen and oxygen atoms in total. The van der Waals surface area contributed by atoms with Gasteiger partial charge in [-0.05, 0) is 18.8 Å². The number of hydrogen-bond donors (Lipinski definition) is 0. The topological polar surface area (TPSA) is 61.6 Å². The molecule has 0 amide bonds. The molecule has 0 saturated heterocycles. The largest absolute Gasteiger partial charge is 0.463 e. The van der Waals surface area contributed by atoms with Crippen molar-refractivity contribution in [3.05, 3.63) is 17.3 Å². The lowest BCUT2D eigenvalue weighted by Gasteiger charge is -2.10. The maximum atomic E-state index is 11.7. The summed E-state index contributed by atoms with van der Waals surface area (Å²) >= 11 is 0. The summed E-state index contributed by atoms with van der Waals surface area (Å²) in [6.45, 7) is 0.262. The van der Waals surface area contributed by atoms with Gasteiger partial charge in [0.15, 0.2) is 5.89 Å². The third-order valence-corrected chi connectivity index (χ3v) is 3.83. The molecule has 1 aliphatic rings. The summed E-state index contributed by atoms with van der Waals surface area (Å²) in [5.74, 6) is 0.927. The Hall–Kier alpha value is -1.36. The van der Waals surface area contributed by atoms with E-state index in [2.05, 4.69) is 4.98 Å². The van der Waals surface area contributed by atoms with Gasteiger partial charge in [0.05, 0.1) is 13.7 Å². The summed E-state index contributed by atoms with van der Waals surface area (Å²) < 4.78 is 15.4. The number of nitrogens with zero attached hydrogens (tertiary/aromatic N) is 1. The van der Waals surface area contributed by atoms with Crippen molar-refractivity contribution in [1.82, 2.24) is 4.98 Å². The monoisotopic (exact) mass is 281 g/mol. The minimum Gasteiger partial charge on any atom is -0.463 e. The predicted octanol–water partition coefficient (Wildman–Crippen LogP) is 3.12. The molecule has 2 rings (SSSR count). The van der Waals surface area contributed by atoms with E-state index in [9.17, 15) is 4.79 Å². The highest BCUT2D eigenvalue weighted by Crippen LogP contribution is 2.26. The lowest BCUT2D eigenvalue weighted by atomic mass is 9.97. The molecule has 1 aromatic heterocycles. The quantitative estimate of drug-likeness (QED) is 0.613. The molecule has 0 aromatic carbocycles. The van der Waals surface area contributed by atoms with E-state index in [4.69, 9.17) is 13.9 Å². The molecule has 0 N–H and O–H groups in total. The number of carbonyl (C=O) groups is 1. The third-order valence-electron chi connectivity index (χ3n) is 3.83. The van der Waals surface area contributed by atoms with Gasteiger partial charge in [0.25, 0.3) is 0 Å². The van der Waals surface area contributed by atoms with E-state index in [1.807, 2.05) is 0 Å². The summed E-state index contributed by atoms with van der Waals surface area (Å²) in [5, 5.41) is 0. The Balaban J connectivity index is 2.08. The van der Waals surface area contributed by atoms with E-state index >= 15 is 0 Å². The Morgan fingerprint density at radius 2 is 1.95 bits per heavy atom. The van der Waals surface area contributed by atoms with Gasteiger partial charge < -0.3 is 13.9 Å². The SMILES string of the molecule is COCc1nc(CC2CCCCCC2)oc1C(=O)OC. The minimum atomic E-state index is -0.489. The van der Waals surface area contributed by atoms with E-state index in [0.717, 1.165) is 6.42 Å². The molecule has 0 atom stereocenters. The molecular weight excluding hydrogens is 258 g/mol. The average molecular weight is 281 g/mol. The zero-order chi connectivity index (χ0) is 14.4. The van der Waals surface area contributed by atoms with Crippen molar-refractivity contribution in [3.63, 3.8) is 0 Å². The fourth-order valence-corrected chi connectivity index (χ4v) is 2.79. The first-order chi connectivity index (χ1) is 9.74. The van der Waals surface area contributed by atoms with E-state index in [1.165, 1.54) is 45.6 Å². The number of methoxy groups -OCH3 is 2. The van der Waals surface area contributed by atoms with E-state index in [-0.39, 0.29) is 12.4 Å². The smallest absolute Gasteiger partial charge is 0.376 e. The fourth-order valence-electron chi connectivity index (χ4n) is 2.79. The second kappa shape index (κ2) is 7.43. The Kier molecular flexibility index (Phi) is 5.59. The van der Waals surface area contributed by atoms with Crippen LogP contribution in [0.2, 0.25) is 0 Å². The number of hydrogen-bond acceptors (Lipinski definition) is 5. The van der Waals surface area contributed by atoms with Crippen LogP contribution in [0.5, 0.6) is 0 Å². The van der Waals surface area contributed by atoms with Crippen LogP contribution in [0.3, 0.4) is 0 Å². The zero-order valence-electron chi connectivity index (χ0n) is 12.3. The number of oxazole rings is 1. The molecule has 0 spiro atoms. The van der Waals surface area contributed by atoms with E-state index in [0.29, 0.717) is 17.5 Å². The molecule has 1 aliphatic carbocycles. The average Bonchev–Trinajstić information content (AvgIpc) is 2.67. The second-order valence-electron chi connectivity index (χ2n) is 5.37. The summed E-state index contributed by atoms with van der Waals surface area (Å²) in [4.78, 5) is 16.1. The number of rotatable bonds is 5. The third kappa shape index (κ3) is 3.82. The maximum absolute atomic E-state index is 11.7. The van der Waals surface area contributed by atoms with Crippen LogP contribution in [0, 0.1) is 5.92 Å². The van der Waals surface area contributed by atoms with Crippen LogP contribution in [0.25, 0.3) is 0 Å². The van der Waals surface area contributed by atoms with Gasteiger partial charge in [-0.1, -0.05) is 25.7 Å². The molecule has 1 heterocycles. The van der Waals surface area contributed by atoms with Crippen molar-refractivity contribution in [2.45, 2.75) is 51.6 Å². The summed E-state index contributed by atoms with van der Waals surface area (Å²) in [6, 6.07) is 0. The maximum Gasteiger partial charge on any atom is 0.376 e. The molecule has 0 radical (unpaired) electrons. The second-order valence-corrected chi connectivity index (χ2v) is 5.37. The molecule has 0 unspecified atom stereocenters. The molecule has 5 heteroatoms. The first kappa shape index (κ1) is 15.0. The minimum absolute atomic E-state index is 0.179. The van der Waals surface area contributed by atoms with Crippen molar-refractivity contribution >= 4 is 5.97 Å². The molecule has 0 bridgehead atoms. The molecule has 20 heavy (non-hydrogen) atoms. The molecular formula is C15H23NO4. The Bertz CT molecular complexity index is 433. The standard InChI is InChI=1S/C15H23NO4/c1-18-10-12-14(15(17)19-2)20-13(16-12)9-11-7-5-3-4-6-8-11/h11H,3-10H2,1-2H3.